The predicted molar refractivity (Wildman–Crippen MR) is 128 cm³/mol. The van der Waals surface area contributed by atoms with Gasteiger partial charge in [-0.1, -0.05) is 53.2 Å². The van der Waals surface area contributed by atoms with Gasteiger partial charge in [-0.15, -0.1) is 0 Å². The molecule has 1 aliphatic heterocycles. The molecule has 3 aromatic rings. The van der Waals surface area contributed by atoms with Crippen molar-refractivity contribution in [3.05, 3.63) is 95.1 Å². The zero-order valence-electron chi connectivity index (χ0n) is 19.2. The van der Waals surface area contributed by atoms with Crippen molar-refractivity contribution in [2.45, 2.75) is 42.4 Å². The molecule has 0 spiro atoms. The van der Waals surface area contributed by atoms with Gasteiger partial charge < -0.3 is 9.57 Å². The van der Waals surface area contributed by atoms with Crippen LogP contribution in [0.3, 0.4) is 0 Å². The van der Waals surface area contributed by atoms with Crippen molar-refractivity contribution in [3.63, 3.8) is 0 Å². The van der Waals surface area contributed by atoms with E-state index in [-0.39, 0.29) is 48.7 Å². The van der Waals surface area contributed by atoms with Crippen LogP contribution in [0.1, 0.15) is 36.0 Å². The van der Waals surface area contributed by atoms with Crippen molar-refractivity contribution in [2.24, 2.45) is 11.1 Å². The molecule has 0 bridgehead atoms. The number of hydrogen-bond donors (Lipinski definition) is 0. The van der Waals surface area contributed by atoms with Crippen LogP contribution < -0.4 is 4.74 Å². The van der Waals surface area contributed by atoms with Crippen LogP contribution >= 0.6 is 0 Å². The van der Waals surface area contributed by atoms with Crippen LogP contribution in [-0.4, -0.2) is 20.7 Å². The first-order chi connectivity index (χ1) is 16.8. The van der Waals surface area contributed by atoms with Crippen LogP contribution in [0.15, 0.2) is 76.8 Å². The van der Waals surface area contributed by atoms with E-state index in [0.717, 1.165) is 23.3 Å². The Morgan fingerprint density at radius 1 is 1.03 bits per heavy atom. The largest absolute Gasteiger partial charge is 0.490 e. The Labute approximate surface area is 203 Å². The Kier molecular flexibility index (Phi) is 6.09. The van der Waals surface area contributed by atoms with E-state index in [1.165, 1.54) is 12.1 Å². The molecule has 182 valence electrons. The first-order valence-corrected chi connectivity index (χ1v) is 13.0. The van der Waals surface area contributed by atoms with Crippen molar-refractivity contribution < 1.29 is 26.8 Å². The van der Waals surface area contributed by atoms with Crippen LogP contribution in [0.5, 0.6) is 5.75 Å². The van der Waals surface area contributed by atoms with E-state index in [1.807, 2.05) is 37.3 Å². The van der Waals surface area contributed by atoms with Crippen LogP contribution in [0.25, 0.3) is 0 Å². The molecule has 0 N–H and O–H groups in total. The molecule has 35 heavy (non-hydrogen) atoms. The van der Waals surface area contributed by atoms with Crippen LogP contribution in [0.2, 0.25) is 0 Å². The summed E-state index contributed by atoms with van der Waals surface area (Å²) < 4.78 is 62.3. The van der Waals surface area contributed by atoms with E-state index in [0.29, 0.717) is 5.71 Å². The number of rotatable bonds is 5. The Balaban J connectivity index is 1.55. The average molecular weight is 498 g/mol. The SMILES string of the molecule is Cc1ccc(S(=O)(=O)[C@@]23CC/C(=N/OCc4ccccc4)C[C@@H]2COc2c(F)ccc(F)c23)cc1. The lowest BCUT2D eigenvalue weighted by molar-refractivity contribution is 0.120. The molecule has 0 unspecified atom stereocenters. The Morgan fingerprint density at radius 2 is 1.74 bits per heavy atom. The number of oxime groups is 1. The number of nitrogens with zero attached hydrogens (tertiary/aromatic N) is 1. The summed E-state index contributed by atoms with van der Waals surface area (Å²) in [6.45, 7) is 2.06. The smallest absolute Gasteiger partial charge is 0.188 e. The summed E-state index contributed by atoms with van der Waals surface area (Å²) in [6.07, 6.45) is 0.541. The minimum Gasteiger partial charge on any atom is -0.490 e. The molecular formula is C27H25F2NO4S. The number of fused-ring (bicyclic) bond motifs is 3. The lowest BCUT2D eigenvalue weighted by Gasteiger charge is -2.47. The molecule has 0 radical (unpaired) electrons. The van der Waals surface area contributed by atoms with Crippen LogP contribution in [0, 0.1) is 24.5 Å². The molecule has 3 aromatic carbocycles. The molecule has 1 saturated carbocycles. The lowest BCUT2D eigenvalue weighted by atomic mass is 9.72. The fraction of sp³-hybridized carbons (Fsp3) is 0.296. The van der Waals surface area contributed by atoms with Gasteiger partial charge in [0.05, 0.1) is 22.8 Å². The summed E-state index contributed by atoms with van der Waals surface area (Å²) in [4.78, 5) is 5.61. The van der Waals surface area contributed by atoms with E-state index >= 15 is 4.39 Å². The summed E-state index contributed by atoms with van der Waals surface area (Å²) in [5.41, 5.74) is 2.30. The quantitative estimate of drug-likeness (QED) is 0.424. The summed E-state index contributed by atoms with van der Waals surface area (Å²) >= 11 is 0. The average Bonchev–Trinajstić information content (AvgIpc) is 2.86. The second-order valence-corrected chi connectivity index (χ2v) is 11.3. The first-order valence-electron chi connectivity index (χ1n) is 11.5. The maximum absolute atomic E-state index is 15.3. The molecule has 0 aromatic heterocycles. The van der Waals surface area contributed by atoms with E-state index in [9.17, 15) is 12.8 Å². The van der Waals surface area contributed by atoms with Gasteiger partial charge in [0.15, 0.2) is 21.4 Å². The van der Waals surface area contributed by atoms with Gasteiger partial charge in [-0.05, 0) is 56.0 Å². The minimum absolute atomic E-state index is 0.0398. The fourth-order valence-electron chi connectivity index (χ4n) is 5.13. The molecule has 2 atom stereocenters. The van der Waals surface area contributed by atoms with Gasteiger partial charge in [0.1, 0.15) is 17.2 Å². The zero-order valence-corrected chi connectivity index (χ0v) is 20.0. The molecule has 1 fully saturated rings. The van der Waals surface area contributed by atoms with Crippen molar-refractivity contribution in [1.29, 1.82) is 0 Å². The summed E-state index contributed by atoms with van der Waals surface area (Å²) in [5.74, 6) is -2.55. The van der Waals surface area contributed by atoms with Gasteiger partial charge in [-0.3, -0.25) is 0 Å². The van der Waals surface area contributed by atoms with Gasteiger partial charge in [0.2, 0.25) is 0 Å². The Bertz CT molecular complexity index is 1370. The third-order valence-electron chi connectivity index (χ3n) is 6.92. The Hall–Kier alpha value is -3.26. The molecule has 5 nitrogen and oxygen atoms in total. The van der Waals surface area contributed by atoms with Crippen LogP contribution in [-0.2, 0) is 26.0 Å². The van der Waals surface area contributed by atoms with Gasteiger partial charge in [0.25, 0.3) is 0 Å². The zero-order chi connectivity index (χ0) is 24.6. The number of ether oxygens (including phenoxy) is 1. The van der Waals surface area contributed by atoms with Gasteiger partial charge in [0, 0.05) is 5.92 Å². The summed E-state index contributed by atoms with van der Waals surface area (Å²) in [7, 11) is -4.12. The number of hydrogen-bond acceptors (Lipinski definition) is 5. The van der Waals surface area contributed by atoms with Crippen molar-refractivity contribution in [3.8, 4) is 5.75 Å². The second-order valence-electron chi connectivity index (χ2n) is 9.07. The highest BCUT2D eigenvalue weighted by Gasteiger charge is 2.59. The minimum atomic E-state index is -4.12. The third kappa shape index (κ3) is 3.99. The van der Waals surface area contributed by atoms with Crippen molar-refractivity contribution in [2.75, 3.05) is 6.61 Å². The van der Waals surface area contributed by atoms with Gasteiger partial charge >= 0.3 is 0 Å². The van der Waals surface area contributed by atoms with Gasteiger partial charge in [-0.2, -0.15) is 0 Å². The summed E-state index contributed by atoms with van der Waals surface area (Å²) in [6, 6.07) is 17.9. The highest BCUT2D eigenvalue weighted by atomic mass is 32.2. The topological polar surface area (TPSA) is 65.0 Å². The molecule has 1 heterocycles. The maximum Gasteiger partial charge on any atom is 0.188 e. The van der Waals surface area contributed by atoms with Crippen LogP contribution in [0.4, 0.5) is 8.78 Å². The van der Waals surface area contributed by atoms with E-state index in [4.69, 9.17) is 9.57 Å². The number of halogens is 2. The lowest BCUT2D eigenvalue weighted by Crippen LogP contribution is -2.52. The van der Waals surface area contributed by atoms with Crippen molar-refractivity contribution in [1.82, 2.24) is 0 Å². The highest BCUT2D eigenvalue weighted by molar-refractivity contribution is 7.92. The van der Waals surface area contributed by atoms with Gasteiger partial charge in [-0.25, -0.2) is 17.2 Å². The normalized spacial score (nSPS) is 22.7. The molecule has 1 aliphatic carbocycles. The molecule has 8 heteroatoms. The number of aryl methyl sites for hydroxylation is 1. The molecule has 0 saturated heterocycles. The van der Waals surface area contributed by atoms with E-state index in [2.05, 4.69) is 5.16 Å². The van der Waals surface area contributed by atoms with E-state index < -0.39 is 32.1 Å². The third-order valence-corrected chi connectivity index (χ3v) is 9.51. The molecule has 2 aliphatic rings. The summed E-state index contributed by atoms with van der Waals surface area (Å²) in [5, 5.41) is 4.26. The monoisotopic (exact) mass is 497 g/mol. The molecular weight excluding hydrogens is 472 g/mol. The number of sulfone groups is 1. The standard InChI is InChI=1S/C27H25F2NO4S/c1-18-7-9-22(10-8-18)35(31,32)27-14-13-21(30-34-16-19-5-3-2-4-6-19)15-20(27)17-33-26-24(29)12-11-23(28)25(26)27/h2-12,20H,13-17H2,1H3/b30-21-/t20-,27+/m1/s1. The Morgan fingerprint density at radius 3 is 2.49 bits per heavy atom. The predicted octanol–water partition coefficient (Wildman–Crippen LogP) is 5.71. The fourth-order valence-corrected chi connectivity index (χ4v) is 7.47. The maximum atomic E-state index is 15.3. The second kappa shape index (κ2) is 9.07. The van der Waals surface area contributed by atoms with E-state index in [1.54, 1.807) is 12.1 Å². The highest BCUT2D eigenvalue weighted by Crippen LogP contribution is 2.56. The first kappa shape index (κ1) is 23.5. The number of benzene rings is 3. The molecule has 5 rings (SSSR count). The van der Waals surface area contributed by atoms with Crippen molar-refractivity contribution >= 4 is 15.5 Å². The molecule has 0 amide bonds.